The molecule has 0 saturated heterocycles. The molecule has 1 aliphatic heterocycles. The topological polar surface area (TPSA) is 106 Å². The van der Waals surface area contributed by atoms with Crippen LogP contribution in [-0.4, -0.2) is 31.7 Å². The maximum atomic E-state index is 12.8. The lowest BCUT2D eigenvalue weighted by Gasteiger charge is -2.35. The van der Waals surface area contributed by atoms with Crippen LogP contribution in [0.4, 0.5) is 5.82 Å². The third-order valence-electron chi connectivity index (χ3n) is 5.90. The van der Waals surface area contributed by atoms with Gasteiger partial charge in [0.05, 0.1) is 11.9 Å². The number of amides is 1. The van der Waals surface area contributed by atoms with Crippen LogP contribution in [0.25, 0.3) is 5.69 Å². The van der Waals surface area contributed by atoms with E-state index < -0.39 is 11.6 Å². The van der Waals surface area contributed by atoms with Crippen molar-refractivity contribution < 1.29 is 19.4 Å². The number of nitrogens with zero attached hydrogens (tertiary/aromatic N) is 3. The molecule has 2 aliphatic rings. The minimum atomic E-state index is -0.686. The number of ether oxygens (including phenoxy) is 1. The van der Waals surface area contributed by atoms with E-state index in [0.717, 1.165) is 11.3 Å². The molecular formula is C22H20N4O4. The number of aromatic nitrogens is 3. The number of para-hydroxylation sites is 1. The Labute approximate surface area is 172 Å². The first kappa shape index (κ1) is 18.4. The molecule has 2 N–H and O–H groups in total. The van der Waals surface area contributed by atoms with Crippen molar-refractivity contribution in [2.45, 2.75) is 31.3 Å². The van der Waals surface area contributed by atoms with Crippen molar-refractivity contribution >= 4 is 17.7 Å². The van der Waals surface area contributed by atoms with Crippen LogP contribution in [0.1, 0.15) is 41.7 Å². The smallest absolute Gasteiger partial charge is 0.358 e. The van der Waals surface area contributed by atoms with Crippen molar-refractivity contribution in [2.75, 3.05) is 5.32 Å². The average molecular weight is 404 g/mol. The quantitative estimate of drug-likeness (QED) is 0.650. The third-order valence-corrected chi connectivity index (χ3v) is 5.90. The van der Waals surface area contributed by atoms with Crippen molar-refractivity contribution in [1.82, 2.24) is 14.8 Å². The van der Waals surface area contributed by atoms with Gasteiger partial charge in [0.1, 0.15) is 5.60 Å². The second kappa shape index (κ2) is 6.98. The summed E-state index contributed by atoms with van der Waals surface area (Å²) in [6.45, 7) is 0. The predicted octanol–water partition coefficient (Wildman–Crippen LogP) is 3.17. The second-order valence-electron chi connectivity index (χ2n) is 7.69. The predicted molar refractivity (Wildman–Crippen MR) is 107 cm³/mol. The number of hydrogen-bond acceptors (Lipinski definition) is 6. The highest BCUT2D eigenvalue weighted by atomic mass is 16.6. The summed E-state index contributed by atoms with van der Waals surface area (Å²) in [6.07, 6.45) is 5.28. The van der Waals surface area contributed by atoms with E-state index in [1.807, 2.05) is 36.4 Å². The number of hydrogen-bond donors (Lipinski definition) is 2. The van der Waals surface area contributed by atoms with E-state index in [0.29, 0.717) is 31.4 Å². The molecule has 0 atom stereocenters. The van der Waals surface area contributed by atoms with E-state index in [4.69, 9.17) is 4.74 Å². The number of carbonyl (C=O) groups excluding carboxylic acids is 2. The number of anilines is 1. The summed E-state index contributed by atoms with van der Waals surface area (Å²) in [5, 5.41) is 17.2. The lowest BCUT2D eigenvalue weighted by molar-refractivity contribution is -0.122. The van der Waals surface area contributed by atoms with Crippen molar-refractivity contribution in [3.63, 3.8) is 0 Å². The molecule has 1 spiro atoms. The molecule has 1 aliphatic carbocycles. The van der Waals surface area contributed by atoms with Gasteiger partial charge in [-0.15, -0.1) is 5.10 Å². The monoisotopic (exact) mass is 404 g/mol. The van der Waals surface area contributed by atoms with Crippen molar-refractivity contribution in [3.8, 4) is 11.4 Å². The number of aromatic hydroxyl groups is 1. The molecule has 8 nitrogen and oxygen atoms in total. The molecule has 3 heterocycles. The summed E-state index contributed by atoms with van der Waals surface area (Å²) in [5.41, 5.74) is 1.28. The standard InChI is InChI=1S/C22H20N4O4/c27-17-13-26(15-5-2-1-3-6-15)25-19(17)24-20(28)14-8-10-22(11-9-14)16-7-4-12-23-18(16)21(29)30-22/h1-7,12-14,27H,8-11H2,(H,24,25,28)/t14-,22-. The van der Waals surface area contributed by atoms with Gasteiger partial charge in [0, 0.05) is 17.7 Å². The molecule has 3 aromatic rings. The summed E-state index contributed by atoms with van der Waals surface area (Å²) in [6, 6.07) is 13.0. The zero-order valence-corrected chi connectivity index (χ0v) is 16.1. The highest BCUT2D eigenvalue weighted by Gasteiger charge is 2.49. The van der Waals surface area contributed by atoms with E-state index in [-0.39, 0.29) is 23.4 Å². The van der Waals surface area contributed by atoms with Gasteiger partial charge in [-0.2, -0.15) is 0 Å². The molecule has 152 valence electrons. The molecule has 1 aromatic carbocycles. The number of rotatable bonds is 3. The van der Waals surface area contributed by atoms with E-state index >= 15 is 0 Å². The molecule has 1 amide bonds. The average Bonchev–Trinajstić information content (AvgIpc) is 3.27. The Morgan fingerprint density at radius 3 is 2.70 bits per heavy atom. The molecule has 0 unspecified atom stereocenters. The van der Waals surface area contributed by atoms with Gasteiger partial charge in [-0.3, -0.25) is 4.79 Å². The minimum absolute atomic E-state index is 0.0933. The molecule has 5 rings (SSSR count). The van der Waals surface area contributed by atoms with Gasteiger partial charge in [0.25, 0.3) is 0 Å². The Balaban J connectivity index is 1.27. The van der Waals surface area contributed by atoms with E-state index in [2.05, 4.69) is 15.4 Å². The highest BCUT2D eigenvalue weighted by Crippen LogP contribution is 2.47. The Morgan fingerprint density at radius 2 is 1.93 bits per heavy atom. The van der Waals surface area contributed by atoms with E-state index in [1.54, 1.807) is 12.3 Å². The molecule has 30 heavy (non-hydrogen) atoms. The van der Waals surface area contributed by atoms with Crippen LogP contribution >= 0.6 is 0 Å². The molecule has 1 saturated carbocycles. The lowest BCUT2D eigenvalue weighted by atomic mass is 9.75. The van der Waals surface area contributed by atoms with Gasteiger partial charge >= 0.3 is 5.97 Å². The van der Waals surface area contributed by atoms with Gasteiger partial charge in [0.2, 0.25) is 5.91 Å². The molecular weight excluding hydrogens is 384 g/mol. The fourth-order valence-electron chi connectivity index (χ4n) is 4.32. The van der Waals surface area contributed by atoms with Crippen LogP contribution in [0.5, 0.6) is 5.75 Å². The maximum absolute atomic E-state index is 12.8. The van der Waals surface area contributed by atoms with Crippen molar-refractivity contribution in [1.29, 1.82) is 0 Å². The number of pyridine rings is 1. The number of benzene rings is 1. The minimum Gasteiger partial charge on any atom is -0.503 e. The Kier molecular flexibility index (Phi) is 4.27. The summed E-state index contributed by atoms with van der Waals surface area (Å²) in [7, 11) is 0. The summed E-state index contributed by atoms with van der Waals surface area (Å²) in [5.74, 6) is -0.814. The normalized spacial score (nSPS) is 22.5. The van der Waals surface area contributed by atoms with Gasteiger partial charge in [-0.25, -0.2) is 14.5 Å². The second-order valence-corrected chi connectivity index (χ2v) is 7.69. The Morgan fingerprint density at radius 1 is 1.17 bits per heavy atom. The molecule has 1 fully saturated rings. The van der Waals surface area contributed by atoms with Crippen LogP contribution in [-0.2, 0) is 15.1 Å². The SMILES string of the molecule is O=C1O[C@]2(CC[C@H](C(=O)Nc3nn(-c4ccccc4)cc3O)CC2)c2cccnc21. The van der Waals surface area contributed by atoms with Gasteiger partial charge in [0.15, 0.2) is 17.3 Å². The largest absolute Gasteiger partial charge is 0.503 e. The third kappa shape index (κ3) is 3.01. The first-order valence-corrected chi connectivity index (χ1v) is 9.89. The molecule has 0 bridgehead atoms. The van der Waals surface area contributed by atoms with Gasteiger partial charge in [-0.1, -0.05) is 24.3 Å². The van der Waals surface area contributed by atoms with Crippen molar-refractivity contribution in [3.05, 3.63) is 66.1 Å². The number of carbonyl (C=O) groups is 2. The van der Waals surface area contributed by atoms with Gasteiger partial charge < -0.3 is 15.2 Å². The molecule has 0 radical (unpaired) electrons. The zero-order valence-electron chi connectivity index (χ0n) is 16.1. The van der Waals surface area contributed by atoms with E-state index in [9.17, 15) is 14.7 Å². The zero-order chi connectivity index (χ0) is 20.7. The number of fused-ring (bicyclic) bond motifs is 2. The van der Waals surface area contributed by atoms with Crippen LogP contribution in [0.15, 0.2) is 54.9 Å². The number of esters is 1. The Hall–Kier alpha value is -3.68. The molecule has 8 heteroatoms. The van der Waals surface area contributed by atoms with Crippen molar-refractivity contribution in [2.24, 2.45) is 5.92 Å². The van der Waals surface area contributed by atoms with Crippen LogP contribution in [0.2, 0.25) is 0 Å². The highest BCUT2D eigenvalue weighted by molar-refractivity contribution is 5.94. The molecule has 2 aromatic heterocycles. The lowest BCUT2D eigenvalue weighted by Crippen LogP contribution is -2.36. The first-order chi connectivity index (χ1) is 14.6. The summed E-state index contributed by atoms with van der Waals surface area (Å²) < 4.78 is 7.21. The maximum Gasteiger partial charge on any atom is 0.358 e. The van der Waals surface area contributed by atoms with Crippen LogP contribution in [0.3, 0.4) is 0 Å². The van der Waals surface area contributed by atoms with Crippen LogP contribution in [0, 0.1) is 5.92 Å². The van der Waals surface area contributed by atoms with Crippen LogP contribution < -0.4 is 5.32 Å². The fraction of sp³-hybridized carbons (Fsp3) is 0.273. The first-order valence-electron chi connectivity index (χ1n) is 9.89. The number of nitrogens with one attached hydrogen (secondary N) is 1. The fourth-order valence-corrected chi connectivity index (χ4v) is 4.32. The summed E-state index contributed by atoms with van der Waals surface area (Å²) >= 11 is 0. The summed E-state index contributed by atoms with van der Waals surface area (Å²) in [4.78, 5) is 29.1. The Bertz CT molecular complexity index is 1120. The van der Waals surface area contributed by atoms with E-state index in [1.165, 1.54) is 10.9 Å². The van der Waals surface area contributed by atoms with Gasteiger partial charge in [-0.05, 0) is 43.9 Å².